The number of piperidine rings is 1. The zero-order valence-corrected chi connectivity index (χ0v) is 18.0. The Kier molecular flexibility index (Phi) is 4.94. The monoisotopic (exact) mass is 395 g/mol. The zero-order chi connectivity index (χ0) is 20.0. The van der Waals surface area contributed by atoms with E-state index in [4.69, 9.17) is 5.10 Å². The molecule has 0 N–H and O–H groups in total. The molecule has 29 heavy (non-hydrogen) atoms. The fourth-order valence-electron chi connectivity index (χ4n) is 5.10. The first-order valence-electron chi connectivity index (χ1n) is 11.1. The van der Waals surface area contributed by atoms with E-state index < -0.39 is 0 Å². The Morgan fingerprint density at radius 3 is 2.45 bits per heavy atom. The smallest absolute Gasteiger partial charge is 0.134 e. The maximum absolute atomic E-state index is 4.76. The summed E-state index contributed by atoms with van der Waals surface area (Å²) >= 11 is 0. The van der Waals surface area contributed by atoms with E-state index in [9.17, 15) is 0 Å². The number of anilines is 2. The van der Waals surface area contributed by atoms with Crippen LogP contribution in [0.25, 0.3) is 0 Å². The first-order valence-corrected chi connectivity index (χ1v) is 11.1. The van der Waals surface area contributed by atoms with E-state index >= 15 is 0 Å². The van der Waals surface area contributed by atoms with Crippen molar-refractivity contribution >= 4 is 11.6 Å². The molecule has 0 unspecified atom stereocenters. The molecule has 0 radical (unpaired) electrons. The molecule has 3 aliphatic rings. The quantitative estimate of drug-likeness (QED) is 0.749. The van der Waals surface area contributed by atoms with Gasteiger partial charge in [-0.05, 0) is 50.5 Å². The fraction of sp³-hybridized carbons (Fsp3) is 0.682. The Balaban J connectivity index is 1.26. The van der Waals surface area contributed by atoms with Crippen LogP contribution >= 0.6 is 0 Å². The Hall–Kier alpha value is -2.15. The summed E-state index contributed by atoms with van der Waals surface area (Å²) in [6.45, 7) is 3.35. The molecule has 2 fully saturated rings. The summed E-state index contributed by atoms with van der Waals surface area (Å²) in [6, 6.07) is 3.40. The summed E-state index contributed by atoms with van der Waals surface area (Å²) in [6.07, 6.45) is 10.4. The van der Waals surface area contributed by atoms with Crippen molar-refractivity contribution in [3.8, 4) is 0 Å². The third-order valence-electron chi connectivity index (χ3n) is 6.82. The predicted octanol–water partition coefficient (Wildman–Crippen LogP) is 2.40. The predicted molar refractivity (Wildman–Crippen MR) is 115 cm³/mol. The first-order chi connectivity index (χ1) is 14.1. The molecular weight excluding hydrogens is 362 g/mol. The normalized spacial score (nSPS) is 20.1. The van der Waals surface area contributed by atoms with Crippen LogP contribution in [0.2, 0.25) is 0 Å². The molecule has 1 aliphatic heterocycles. The number of aromatic nitrogens is 4. The molecule has 7 heteroatoms. The Morgan fingerprint density at radius 1 is 1.00 bits per heavy atom. The minimum absolute atomic E-state index is 0.584. The van der Waals surface area contributed by atoms with Crippen molar-refractivity contribution in [1.82, 2.24) is 24.6 Å². The maximum atomic E-state index is 4.76. The van der Waals surface area contributed by atoms with Crippen LogP contribution in [0.5, 0.6) is 0 Å². The molecule has 0 aromatic carbocycles. The first kappa shape index (κ1) is 18.9. The molecule has 0 bridgehead atoms. The van der Waals surface area contributed by atoms with Crippen LogP contribution in [0, 0.1) is 0 Å². The fourth-order valence-corrected chi connectivity index (χ4v) is 5.10. The average Bonchev–Trinajstić information content (AvgIpc) is 3.37. The van der Waals surface area contributed by atoms with E-state index in [1.54, 1.807) is 6.33 Å². The Bertz CT molecular complexity index is 862. The number of nitrogens with zero attached hydrogens (tertiary/aromatic N) is 7. The summed E-state index contributed by atoms with van der Waals surface area (Å²) in [4.78, 5) is 16.4. The van der Waals surface area contributed by atoms with E-state index in [1.807, 2.05) is 14.1 Å². The van der Waals surface area contributed by atoms with Crippen molar-refractivity contribution in [2.45, 2.75) is 63.6 Å². The summed E-state index contributed by atoms with van der Waals surface area (Å²) in [7, 11) is 6.20. The lowest BCUT2D eigenvalue weighted by Gasteiger charge is -2.39. The second kappa shape index (κ2) is 7.59. The Morgan fingerprint density at radius 2 is 1.72 bits per heavy atom. The van der Waals surface area contributed by atoms with Crippen LogP contribution in [0.1, 0.15) is 49.1 Å². The molecule has 0 spiro atoms. The van der Waals surface area contributed by atoms with Crippen molar-refractivity contribution in [3.63, 3.8) is 0 Å². The van der Waals surface area contributed by atoms with Gasteiger partial charge in [0.05, 0.1) is 11.4 Å². The van der Waals surface area contributed by atoms with Gasteiger partial charge in [-0.15, -0.1) is 0 Å². The van der Waals surface area contributed by atoms with Gasteiger partial charge in [-0.2, -0.15) is 5.10 Å². The van der Waals surface area contributed by atoms with E-state index in [0.717, 1.165) is 37.7 Å². The summed E-state index contributed by atoms with van der Waals surface area (Å²) in [5, 5.41) is 4.76. The number of hydrogen-bond donors (Lipinski definition) is 0. The Labute approximate surface area is 173 Å². The van der Waals surface area contributed by atoms with Crippen molar-refractivity contribution in [2.24, 2.45) is 7.05 Å². The number of aryl methyl sites for hydroxylation is 2. The maximum Gasteiger partial charge on any atom is 0.134 e. The van der Waals surface area contributed by atoms with Crippen LogP contribution in [-0.4, -0.2) is 63.9 Å². The number of fused-ring (bicyclic) bond motifs is 1. The van der Waals surface area contributed by atoms with Crippen molar-refractivity contribution in [3.05, 3.63) is 29.3 Å². The van der Waals surface area contributed by atoms with Gasteiger partial charge in [0.15, 0.2) is 0 Å². The van der Waals surface area contributed by atoms with Crippen LogP contribution < -0.4 is 9.80 Å². The summed E-state index contributed by atoms with van der Waals surface area (Å²) in [5.74, 6) is 2.09. The largest absolute Gasteiger partial charge is 0.363 e. The van der Waals surface area contributed by atoms with Crippen LogP contribution in [0.4, 0.5) is 11.6 Å². The van der Waals surface area contributed by atoms with Gasteiger partial charge in [0.1, 0.15) is 18.0 Å². The van der Waals surface area contributed by atoms with E-state index in [-0.39, 0.29) is 0 Å². The molecule has 156 valence electrons. The van der Waals surface area contributed by atoms with Gasteiger partial charge in [-0.25, -0.2) is 9.97 Å². The van der Waals surface area contributed by atoms with E-state index in [2.05, 4.69) is 42.5 Å². The number of rotatable bonds is 6. The van der Waals surface area contributed by atoms with Gasteiger partial charge in [-0.3, -0.25) is 9.58 Å². The molecule has 2 aliphatic carbocycles. The lowest BCUT2D eigenvalue weighted by atomic mass is 10.0. The molecule has 0 amide bonds. The highest BCUT2D eigenvalue weighted by Gasteiger charge is 2.37. The third-order valence-corrected chi connectivity index (χ3v) is 6.82. The highest BCUT2D eigenvalue weighted by Crippen LogP contribution is 2.36. The minimum Gasteiger partial charge on any atom is -0.363 e. The van der Waals surface area contributed by atoms with E-state index in [1.165, 1.54) is 55.5 Å². The molecule has 3 heterocycles. The van der Waals surface area contributed by atoms with Crippen LogP contribution in [0.3, 0.4) is 0 Å². The number of likely N-dealkylation sites (tertiary alicyclic amines) is 1. The number of hydrogen-bond acceptors (Lipinski definition) is 6. The lowest BCUT2D eigenvalue weighted by molar-refractivity contribution is 0.195. The van der Waals surface area contributed by atoms with Gasteiger partial charge in [0.2, 0.25) is 0 Å². The highest BCUT2D eigenvalue weighted by atomic mass is 15.3. The molecule has 1 saturated carbocycles. The standard InChI is InChI=1S/C22H33N7/c1-26(2)21-13-22(24-15-23-21)29(16-7-8-16)17-9-11-28(12-10-17)14-20-18-5-4-6-19(18)25-27(20)3/h13,15-17H,4-12,14H2,1-3H3. The molecule has 0 atom stereocenters. The lowest BCUT2D eigenvalue weighted by Crippen LogP contribution is -2.46. The van der Waals surface area contributed by atoms with Crippen molar-refractivity contribution in [2.75, 3.05) is 37.0 Å². The second-order valence-corrected chi connectivity index (χ2v) is 9.12. The second-order valence-electron chi connectivity index (χ2n) is 9.12. The minimum atomic E-state index is 0.584. The zero-order valence-electron chi connectivity index (χ0n) is 18.0. The SMILES string of the molecule is CN(C)c1cc(N(C2CC2)C2CCN(Cc3c4c(nn3C)CCC4)CC2)ncn1. The highest BCUT2D eigenvalue weighted by molar-refractivity contribution is 5.51. The molecule has 2 aromatic rings. The van der Waals surface area contributed by atoms with Gasteiger partial charge >= 0.3 is 0 Å². The molecule has 7 nitrogen and oxygen atoms in total. The topological polar surface area (TPSA) is 53.3 Å². The van der Waals surface area contributed by atoms with Crippen molar-refractivity contribution in [1.29, 1.82) is 0 Å². The molecule has 2 aromatic heterocycles. The molecule has 5 rings (SSSR count). The summed E-state index contributed by atoms with van der Waals surface area (Å²) < 4.78 is 2.14. The molecule has 1 saturated heterocycles. The van der Waals surface area contributed by atoms with E-state index in [0.29, 0.717) is 12.1 Å². The summed E-state index contributed by atoms with van der Waals surface area (Å²) in [5.41, 5.74) is 4.32. The van der Waals surface area contributed by atoms with Gasteiger partial charge in [0, 0.05) is 58.9 Å². The van der Waals surface area contributed by atoms with Crippen LogP contribution in [0.15, 0.2) is 12.4 Å². The van der Waals surface area contributed by atoms with Gasteiger partial charge < -0.3 is 9.80 Å². The van der Waals surface area contributed by atoms with Gasteiger partial charge in [-0.1, -0.05) is 0 Å². The average molecular weight is 396 g/mol. The van der Waals surface area contributed by atoms with Crippen LogP contribution in [-0.2, 0) is 26.4 Å². The van der Waals surface area contributed by atoms with Crippen molar-refractivity contribution < 1.29 is 0 Å². The third kappa shape index (κ3) is 3.72. The molecular formula is C22H33N7. The van der Waals surface area contributed by atoms with Gasteiger partial charge in [0.25, 0.3) is 0 Å².